The van der Waals surface area contributed by atoms with Gasteiger partial charge in [-0.25, -0.2) is 4.79 Å². The van der Waals surface area contributed by atoms with Crippen molar-refractivity contribution in [2.45, 2.75) is 25.8 Å². The highest BCUT2D eigenvalue weighted by Crippen LogP contribution is 2.14. The highest BCUT2D eigenvalue weighted by atomic mass is 16.2. The first-order chi connectivity index (χ1) is 6.59. The summed E-state index contributed by atoms with van der Waals surface area (Å²) in [7, 11) is 3.53. The number of carbonyl (C=O) groups is 1. The normalized spacial score (nSPS) is 23.2. The minimum absolute atomic E-state index is 0.00320. The van der Waals surface area contributed by atoms with E-state index < -0.39 is 0 Å². The molecule has 2 amide bonds. The minimum atomic E-state index is 0.00320. The molecule has 0 spiro atoms. The number of carbonyl (C=O) groups excluding carboxylic acids is 1. The van der Waals surface area contributed by atoms with E-state index >= 15 is 0 Å². The molecule has 0 bridgehead atoms. The van der Waals surface area contributed by atoms with Crippen LogP contribution in [0.5, 0.6) is 0 Å². The van der Waals surface area contributed by atoms with E-state index in [-0.39, 0.29) is 12.1 Å². The van der Waals surface area contributed by atoms with E-state index in [1.165, 1.54) is 6.42 Å². The Balaban J connectivity index is 2.20. The van der Waals surface area contributed by atoms with Gasteiger partial charge in [-0.1, -0.05) is 0 Å². The first-order valence-corrected chi connectivity index (χ1v) is 5.28. The summed E-state index contributed by atoms with van der Waals surface area (Å²) < 4.78 is 0. The average Bonchev–Trinajstić information content (AvgIpc) is 2.56. The van der Waals surface area contributed by atoms with Gasteiger partial charge in [0.05, 0.1) is 0 Å². The van der Waals surface area contributed by atoms with Crippen molar-refractivity contribution in [1.29, 1.82) is 0 Å². The Kier molecular flexibility index (Phi) is 4.20. The number of nitrogens with zero attached hydrogens (tertiary/aromatic N) is 1. The van der Waals surface area contributed by atoms with Gasteiger partial charge in [0.1, 0.15) is 0 Å². The van der Waals surface area contributed by atoms with Crippen LogP contribution in [0.15, 0.2) is 0 Å². The summed E-state index contributed by atoms with van der Waals surface area (Å²) in [5, 5.41) is 6.30. The fraction of sp³-hybridized carbons (Fsp3) is 0.900. The van der Waals surface area contributed by atoms with E-state index in [1.807, 2.05) is 0 Å². The van der Waals surface area contributed by atoms with Crippen molar-refractivity contribution < 1.29 is 4.79 Å². The molecule has 0 aromatic carbocycles. The lowest BCUT2D eigenvalue weighted by molar-refractivity contribution is 0.212. The van der Waals surface area contributed by atoms with Gasteiger partial charge >= 0.3 is 6.03 Å². The molecule has 0 aliphatic carbocycles. The number of urea groups is 1. The van der Waals surface area contributed by atoms with Gasteiger partial charge in [-0.15, -0.1) is 0 Å². The molecule has 1 heterocycles. The van der Waals surface area contributed by atoms with Crippen LogP contribution in [0.2, 0.25) is 0 Å². The summed E-state index contributed by atoms with van der Waals surface area (Å²) in [4.78, 5) is 12.9. The molecule has 1 aliphatic rings. The van der Waals surface area contributed by atoms with Crippen LogP contribution < -0.4 is 10.6 Å². The van der Waals surface area contributed by atoms with Gasteiger partial charge in [0.15, 0.2) is 0 Å². The van der Waals surface area contributed by atoms with Crippen molar-refractivity contribution >= 4 is 6.03 Å². The van der Waals surface area contributed by atoms with E-state index in [2.05, 4.69) is 17.6 Å². The predicted octanol–water partition coefficient (Wildman–Crippen LogP) is 0.646. The van der Waals surface area contributed by atoms with Gasteiger partial charge in [0.25, 0.3) is 0 Å². The second-order valence-electron chi connectivity index (χ2n) is 4.34. The lowest BCUT2D eigenvalue weighted by atomic mass is 10.0. The maximum absolute atomic E-state index is 11.3. The molecule has 2 atom stereocenters. The van der Waals surface area contributed by atoms with E-state index in [4.69, 9.17) is 0 Å². The zero-order chi connectivity index (χ0) is 10.6. The van der Waals surface area contributed by atoms with Crippen molar-refractivity contribution in [2.24, 2.45) is 5.92 Å². The van der Waals surface area contributed by atoms with Crippen molar-refractivity contribution in [2.75, 3.05) is 27.2 Å². The largest absolute Gasteiger partial charge is 0.336 e. The second kappa shape index (κ2) is 5.20. The molecule has 0 aromatic rings. The number of amides is 2. The van der Waals surface area contributed by atoms with Crippen LogP contribution in [0.25, 0.3) is 0 Å². The van der Waals surface area contributed by atoms with Gasteiger partial charge in [-0.05, 0) is 38.8 Å². The van der Waals surface area contributed by atoms with E-state index in [9.17, 15) is 4.79 Å². The fourth-order valence-electron chi connectivity index (χ4n) is 1.81. The number of hydrogen-bond donors (Lipinski definition) is 2. The Morgan fingerprint density at radius 2 is 2.36 bits per heavy atom. The zero-order valence-electron chi connectivity index (χ0n) is 9.34. The van der Waals surface area contributed by atoms with Crippen LogP contribution in [-0.2, 0) is 0 Å². The average molecular weight is 199 g/mol. The molecule has 0 saturated carbocycles. The molecule has 1 saturated heterocycles. The molecule has 4 nitrogen and oxygen atoms in total. The molecular weight excluding hydrogens is 178 g/mol. The molecule has 14 heavy (non-hydrogen) atoms. The Bertz CT molecular complexity index is 188. The third-order valence-corrected chi connectivity index (χ3v) is 2.63. The lowest BCUT2D eigenvalue weighted by Gasteiger charge is -2.20. The molecule has 2 N–H and O–H groups in total. The SMILES string of the molecule is CC(CC1CCNC1)NC(=O)N(C)C. The van der Waals surface area contributed by atoms with Crippen molar-refractivity contribution in [3.8, 4) is 0 Å². The van der Waals surface area contributed by atoms with Crippen LogP contribution in [0.1, 0.15) is 19.8 Å². The van der Waals surface area contributed by atoms with E-state index in [0.717, 1.165) is 25.4 Å². The molecule has 2 unspecified atom stereocenters. The van der Waals surface area contributed by atoms with Crippen LogP contribution >= 0.6 is 0 Å². The molecule has 0 aromatic heterocycles. The molecule has 4 heteroatoms. The predicted molar refractivity (Wildman–Crippen MR) is 57.3 cm³/mol. The van der Waals surface area contributed by atoms with Crippen LogP contribution in [0, 0.1) is 5.92 Å². The van der Waals surface area contributed by atoms with Gasteiger partial charge in [-0.2, -0.15) is 0 Å². The van der Waals surface area contributed by atoms with Crippen molar-refractivity contribution in [1.82, 2.24) is 15.5 Å². The summed E-state index contributed by atoms with van der Waals surface area (Å²) in [5.41, 5.74) is 0. The first kappa shape index (κ1) is 11.3. The Morgan fingerprint density at radius 1 is 1.64 bits per heavy atom. The maximum atomic E-state index is 11.3. The fourth-order valence-corrected chi connectivity index (χ4v) is 1.81. The number of rotatable bonds is 3. The summed E-state index contributed by atoms with van der Waals surface area (Å²) in [6, 6.07) is 0.276. The minimum Gasteiger partial charge on any atom is -0.336 e. The van der Waals surface area contributed by atoms with Gasteiger partial charge < -0.3 is 15.5 Å². The second-order valence-corrected chi connectivity index (χ2v) is 4.34. The lowest BCUT2D eigenvalue weighted by Crippen LogP contribution is -2.40. The Morgan fingerprint density at radius 3 is 2.86 bits per heavy atom. The van der Waals surface area contributed by atoms with Gasteiger partial charge in [0.2, 0.25) is 0 Å². The Labute approximate surface area is 86.0 Å². The number of hydrogen-bond acceptors (Lipinski definition) is 2. The third kappa shape index (κ3) is 3.54. The van der Waals surface area contributed by atoms with E-state index in [0.29, 0.717) is 0 Å². The Hall–Kier alpha value is -0.770. The molecule has 1 rings (SSSR count). The summed E-state index contributed by atoms with van der Waals surface area (Å²) in [6.07, 6.45) is 2.31. The highest BCUT2D eigenvalue weighted by molar-refractivity contribution is 5.73. The summed E-state index contributed by atoms with van der Waals surface area (Å²) in [6.45, 7) is 4.29. The summed E-state index contributed by atoms with van der Waals surface area (Å²) in [5.74, 6) is 0.729. The quantitative estimate of drug-likeness (QED) is 0.701. The topological polar surface area (TPSA) is 44.4 Å². The third-order valence-electron chi connectivity index (χ3n) is 2.63. The smallest absolute Gasteiger partial charge is 0.317 e. The summed E-state index contributed by atoms with van der Waals surface area (Å²) >= 11 is 0. The molecular formula is C10H21N3O. The van der Waals surface area contributed by atoms with Crippen molar-refractivity contribution in [3.05, 3.63) is 0 Å². The standard InChI is InChI=1S/C10H21N3O/c1-8(12-10(14)13(2)3)6-9-4-5-11-7-9/h8-9,11H,4-7H2,1-3H3,(H,12,14). The number of nitrogens with one attached hydrogen (secondary N) is 2. The maximum Gasteiger partial charge on any atom is 0.317 e. The molecule has 1 aliphatic heterocycles. The molecule has 0 radical (unpaired) electrons. The van der Waals surface area contributed by atoms with Crippen LogP contribution in [0.3, 0.4) is 0 Å². The molecule has 82 valence electrons. The van der Waals surface area contributed by atoms with Crippen LogP contribution in [-0.4, -0.2) is 44.2 Å². The van der Waals surface area contributed by atoms with Gasteiger partial charge in [-0.3, -0.25) is 0 Å². The monoisotopic (exact) mass is 199 g/mol. The zero-order valence-corrected chi connectivity index (χ0v) is 9.34. The van der Waals surface area contributed by atoms with Crippen molar-refractivity contribution in [3.63, 3.8) is 0 Å². The van der Waals surface area contributed by atoms with E-state index in [1.54, 1.807) is 19.0 Å². The molecule has 1 fully saturated rings. The van der Waals surface area contributed by atoms with Gasteiger partial charge in [0, 0.05) is 20.1 Å². The van der Waals surface area contributed by atoms with Crippen LogP contribution in [0.4, 0.5) is 4.79 Å². The highest BCUT2D eigenvalue weighted by Gasteiger charge is 2.18. The first-order valence-electron chi connectivity index (χ1n) is 5.28.